The SMILES string of the molecule is Cc1ccc(OCc2ccc(F)c(C(F)(F)F)c2)c(CNCCO)c1. The molecule has 0 heterocycles. The average molecular weight is 357 g/mol. The van der Waals surface area contributed by atoms with Crippen LogP contribution in [0.5, 0.6) is 5.75 Å². The van der Waals surface area contributed by atoms with Crippen LogP contribution in [0.2, 0.25) is 0 Å². The van der Waals surface area contributed by atoms with Gasteiger partial charge in [0.25, 0.3) is 0 Å². The topological polar surface area (TPSA) is 41.5 Å². The Morgan fingerprint density at radius 2 is 1.88 bits per heavy atom. The molecule has 25 heavy (non-hydrogen) atoms. The Morgan fingerprint density at radius 3 is 2.56 bits per heavy atom. The normalized spacial score (nSPS) is 11.6. The molecule has 0 aliphatic carbocycles. The fourth-order valence-electron chi connectivity index (χ4n) is 2.33. The van der Waals surface area contributed by atoms with Crippen molar-refractivity contribution in [1.82, 2.24) is 5.32 Å². The zero-order chi connectivity index (χ0) is 18.4. The molecule has 0 unspecified atom stereocenters. The second kappa shape index (κ2) is 8.31. The van der Waals surface area contributed by atoms with E-state index < -0.39 is 17.6 Å². The van der Waals surface area contributed by atoms with Crippen molar-refractivity contribution in [3.05, 3.63) is 64.5 Å². The maximum absolute atomic E-state index is 13.3. The zero-order valence-electron chi connectivity index (χ0n) is 13.7. The van der Waals surface area contributed by atoms with Gasteiger partial charge in [-0.3, -0.25) is 0 Å². The molecule has 0 aliphatic heterocycles. The zero-order valence-corrected chi connectivity index (χ0v) is 13.7. The van der Waals surface area contributed by atoms with E-state index in [0.717, 1.165) is 23.3 Å². The quantitative estimate of drug-likeness (QED) is 0.585. The molecular weight excluding hydrogens is 338 g/mol. The summed E-state index contributed by atoms with van der Waals surface area (Å²) in [7, 11) is 0. The van der Waals surface area contributed by atoms with E-state index in [1.807, 2.05) is 19.1 Å². The van der Waals surface area contributed by atoms with Gasteiger partial charge in [-0.2, -0.15) is 13.2 Å². The molecule has 3 nitrogen and oxygen atoms in total. The van der Waals surface area contributed by atoms with Crippen LogP contribution >= 0.6 is 0 Å². The van der Waals surface area contributed by atoms with Crippen molar-refractivity contribution in [3.63, 3.8) is 0 Å². The maximum Gasteiger partial charge on any atom is 0.419 e. The third-order valence-electron chi connectivity index (χ3n) is 3.55. The Morgan fingerprint density at radius 1 is 1.12 bits per heavy atom. The lowest BCUT2D eigenvalue weighted by Crippen LogP contribution is -2.18. The fourth-order valence-corrected chi connectivity index (χ4v) is 2.33. The third kappa shape index (κ3) is 5.44. The number of hydrogen-bond acceptors (Lipinski definition) is 3. The number of halogens is 4. The first-order valence-electron chi connectivity index (χ1n) is 7.71. The summed E-state index contributed by atoms with van der Waals surface area (Å²) in [6.07, 6.45) is -4.75. The number of ether oxygens (including phenoxy) is 1. The van der Waals surface area contributed by atoms with Crippen molar-refractivity contribution in [2.24, 2.45) is 0 Å². The predicted molar refractivity (Wildman–Crippen MR) is 85.7 cm³/mol. The van der Waals surface area contributed by atoms with Gasteiger partial charge in [0.05, 0.1) is 12.2 Å². The molecule has 2 rings (SSSR count). The molecule has 0 fully saturated rings. The van der Waals surface area contributed by atoms with Gasteiger partial charge in [-0.15, -0.1) is 0 Å². The second-order valence-electron chi connectivity index (χ2n) is 5.61. The van der Waals surface area contributed by atoms with E-state index in [2.05, 4.69) is 5.32 Å². The van der Waals surface area contributed by atoms with Gasteiger partial charge >= 0.3 is 6.18 Å². The number of aliphatic hydroxyl groups is 1. The highest BCUT2D eigenvalue weighted by atomic mass is 19.4. The second-order valence-corrected chi connectivity index (χ2v) is 5.61. The van der Waals surface area contributed by atoms with Gasteiger partial charge in [0.1, 0.15) is 18.2 Å². The minimum atomic E-state index is -4.75. The molecule has 2 N–H and O–H groups in total. The summed E-state index contributed by atoms with van der Waals surface area (Å²) in [5.41, 5.74) is 0.756. The lowest BCUT2D eigenvalue weighted by Gasteiger charge is -2.14. The fraction of sp³-hybridized carbons (Fsp3) is 0.333. The third-order valence-corrected chi connectivity index (χ3v) is 3.55. The van der Waals surface area contributed by atoms with E-state index in [0.29, 0.717) is 18.8 Å². The molecule has 0 spiro atoms. The van der Waals surface area contributed by atoms with Crippen LogP contribution in [0, 0.1) is 12.7 Å². The van der Waals surface area contributed by atoms with Gasteiger partial charge in [-0.1, -0.05) is 23.8 Å². The van der Waals surface area contributed by atoms with Crippen molar-refractivity contribution in [2.75, 3.05) is 13.2 Å². The number of aliphatic hydroxyl groups excluding tert-OH is 1. The summed E-state index contributed by atoms with van der Waals surface area (Å²) in [6, 6.07) is 8.28. The van der Waals surface area contributed by atoms with Crippen molar-refractivity contribution in [2.45, 2.75) is 26.3 Å². The summed E-state index contributed by atoms with van der Waals surface area (Å²) in [5.74, 6) is -0.783. The highest BCUT2D eigenvalue weighted by Crippen LogP contribution is 2.32. The molecule has 0 aliphatic rings. The van der Waals surface area contributed by atoms with Gasteiger partial charge in [-0.05, 0) is 30.7 Å². The lowest BCUT2D eigenvalue weighted by molar-refractivity contribution is -0.140. The van der Waals surface area contributed by atoms with Crippen molar-refractivity contribution < 1.29 is 27.4 Å². The van der Waals surface area contributed by atoms with Gasteiger partial charge in [-0.25, -0.2) is 4.39 Å². The minimum Gasteiger partial charge on any atom is -0.489 e. The van der Waals surface area contributed by atoms with Crippen LogP contribution in [-0.2, 0) is 19.3 Å². The number of rotatable bonds is 7. The predicted octanol–water partition coefficient (Wildman–Crippen LogP) is 3.81. The van der Waals surface area contributed by atoms with E-state index >= 15 is 0 Å². The van der Waals surface area contributed by atoms with E-state index in [4.69, 9.17) is 9.84 Å². The van der Waals surface area contributed by atoms with Gasteiger partial charge in [0.2, 0.25) is 0 Å². The van der Waals surface area contributed by atoms with Crippen LogP contribution in [0.25, 0.3) is 0 Å². The first-order chi connectivity index (χ1) is 11.8. The van der Waals surface area contributed by atoms with Gasteiger partial charge in [0.15, 0.2) is 0 Å². The lowest BCUT2D eigenvalue weighted by atomic mass is 10.1. The molecule has 136 valence electrons. The first kappa shape index (κ1) is 19.2. The van der Waals surface area contributed by atoms with Gasteiger partial charge < -0.3 is 15.2 Å². The standard InChI is InChI=1S/C18H19F4NO2/c1-12-2-5-17(14(8-12)10-23-6-7-24)25-11-13-3-4-16(19)15(9-13)18(20,21)22/h2-5,8-9,23-24H,6-7,10-11H2,1H3. The van der Waals surface area contributed by atoms with E-state index in [1.165, 1.54) is 6.07 Å². The van der Waals surface area contributed by atoms with Gasteiger partial charge in [0, 0.05) is 18.7 Å². The van der Waals surface area contributed by atoms with Crippen LogP contribution in [0.15, 0.2) is 36.4 Å². The highest BCUT2D eigenvalue weighted by molar-refractivity contribution is 5.37. The summed E-state index contributed by atoms with van der Waals surface area (Å²) >= 11 is 0. The van der Waals surface area contributed by atoms with Crippen LogP contribution in [0.1, 0.15) is 22.3 Å². The Balaban J connectivity index is 2.13. The smallest absolute Gasteiger partial charge is 0.419 e. The number of alkyl halides is 3. The summed E-state index contributed by atoms with van der Waals surface area (Å²) < 4.78 is 57.2. The van der Waals surface area contributed by atoms with E-state index in [9.17, 15) is 17.6 Å². The molecule has 0 saturated carbocycles. The van der Waals surface area contributed by atoms with Crippen LogP contribution in [0.3, 0.4) is 0 Å². The maximum atomic E-state index is 13.3. The van der Waals surface area contributed by atoms with E-state index in [1.54, 1.807) is 6.07 Å². The Kier molecular flexibility index (Phi) is 6.39. The van der Waals surface area contributed by atoms with Crippen LogP contribution in [0.4, 0.5) is 17.6 Å². The van der Waals surface area contributed by atoms with E-state index in [-0.39, 0.29) is 18.8 Å². The molecule has 0 atom stereocenters. The van der Waals surface area contributed by atoms with Crippen molar-refractivity contribution in [1.29, 1.82) is 0 Å². The molecule has 2 aromatic carbocycles. The first-order valence-corrected chi connectivity index (χ1v) is 7.71. The molecular formula is C18H19F4NO2. The largest absolute Gasteiger partial charge is 0.489 e. The number of hydrogen-bond donors (Lipinski definition) is 2. The summed E-state index contributed by atoms with van der Waals surface area (Å²) in [6.45, 7) is 2.67. The Bertz CT molecular complexity index is 717. The molecule has 0 saturated heterocycles. The Hall–Kier alpha value is -2.12. The van der Waals surface area contributed by atoms with Crippen LogP contribution < -0.4 is 10.1 Å². The molecule has 7 heteroatoms. The number of nitrogens with one attached hydrogen (secondary N) is 1. The molecule has 0 amide bonds. The Labute approximate surface area is 143 Å². The summed E-state index contributed by atoms with van der Waals surface area (Å²) in [4.78, 5) is 0. The molecule has 2 aromatic rings. The number of aryl methyl sites for hydroxylation is 1. The monoisotopic (exact) mass is 357 g/mol. The number of benzene rings is 2. The highest BCUT2D eigenvalue weighted by Gasteiger charge is 2.34. The van der Waals surface area contributed by atoms with Crippen molar-refractivity contribution >= 4 is 0 Å². The summed E-state index contributed by atoms with van der Waals surface area (Å²) in [5, 5.41) is 11.8. The molecule has 0 aromatic heterocycles. The van der Waals surface area contributed by atoms with Crippen LogP contribution in [-0.4, -0.2) is 18.3 Å². The molecule has 0 bridgehead atoms. The van der Waals surface area contributed by atoms with Crippen molar-refractivity contribution in [3.8, 4) is 5.75 Å². The molecule has 0 radical (unpaired) electrons. The average Bonchev–Trinajstić information content (AvgIpc) is 2.54. The minimum absolute atomic E-state index is 0.00218.